The van der Waals surface area contributed by atoms with Gasteiger partial charge in [0.15, 0.2) is 0 Å². The zero-order chi connectivity index (χ0) is 40.5. The highest BCUT2D eigenvalue weighted by molar-refractivity contribution is 5.89. The summed E-state index contributed by atoms with van der Waals surface area (Å²) >= 11 is 0. The standard InChI is InChI=1S/C55H70O3/c1-3-5-7-9-11-13-15-17-19-21-35-57-54-33-31-50-40-45(27-29-52(50)42-54)23-25-47-37-48(39-49(38-47)44-56)26-24-46-28-30-53-43-55(34-32-51(53)41-46)58-36-22-20-18-16-14-12-10-8-6-4-2/h23-34,37-44H,3-22,35-36H2,1-2H3/b25-23+,26-24+. The first-order valence-electron chi connectivity index (χ1n) is 22.9. The molecule has 0 unspecified atom stereocenters. The Labute approximate surface area is 351 Å². The number of unbranched alkanes of at least 4 members (excludes halogenated alkanes) is 18. The number of carbonyl (C=O) groups is 1. The SMILES string of the molecule is CCCCCCCCCCCCOc1ccc2cc(/C=C/c3cc(C=O)cc(/C=C/c4ccc5cc(OCCCCCCCCCCCC)ccc5c4)c3)ccc2c1. The van der Waals surface area contributed by atoms with Crippen LogP contribution in [0.4, 0.5) is 0 Å². The average molecular weight is 779 g/mol. The van der Waals surface area contributed by atoms with Crippen molar-refractivity contribution in [1.29, 1.82) is 0 Å². The summed E-state index contributed by atoms with van der Waals surface area (Å²) in [7, 11) is 0. The van der Waals surface area contributed by atoms with Gasteiger partial charge >= 0.3 is 0 Å². The van der Waals surface area contributed by atoms with Crippen molar-refractivity contribution in [2.75, 3.05) is 13.2 Å². The quantitative estimate of drug-likeness (QED) is 0.0275. The Morgan fingerprint density at radius 2 is 0.672 bits per heavy atom. The van der Waals surface area contributed by atoms with Gasteiger partial charge in [-0.1, -0.05) is 190 Å². The van der Waals surface area contributed by atoms with Gasteiger partial charge in [0.1, 0.15) is 17.8 Å². The first-order valence-corrected chi connectivity index (χ1v) is 22.9. The minimum atomic E-state index is 0.662. The normalized spacial score (nSPS) is 11.7. The minimum Gasteiger partial charge on any atom is -0.494 e. The van der Waals surface area contributed by atoms with Crippen LogP contribution in [0.1, 0.15) is 175 Å². The number of hydrogen-bond donors (Lipinski definition) is 0. The molecule has 0 aliphatic heterocycles. The largest absolute Gasteiger partial charge is 0.494 e. The molecule has 0 bridgehead atoms. The van der Waals surface area contributed by atoms with Gasteiger partial charge in [0.05, 0.1) is 13.2 Å². The lowest BCUT2D eigenvalue weighted by Crippen LogP contribution is -1.97. The minimum absolute atomic E-state index is 0.662. The molecule has 0 saturated heterocycles. The fraction of sp³-hybridized carbons (Fsp3) is 0.436. The van der Waals surface area contributed by atoms with Crippen LogP contribution in [0, 0.1) is 0 Å². The molecule has 0 saturated carbocycles. The monoisotopic (exact) mass is 779 g/mol. The maximum Gasteiger partial charge on any atom is 0.150 e. The molecular weight excluding hydrogens is 709 g/mol. The zero-order valence-corrected chi connectivity index (χ0v) is 35.8. The van der Waals surface area contributed by atoms with E-state index in [9.17, 15) is 4.79 Å². The molecule has 0 radical (unpaired) electrons. The fourth-order valence-corrected chi connectivity index (χ4v) is 7.78. The lowest BCUT2D eigenvalue weighted by Gasteiger charge is -2.08. The van der Waals surface area contributed by atoms with Crippen LogP contribution in [-0.2, 0) is 0 Å². The Kier molecular flexibility index (Phi) is 20.2. The van der Waals surface area contributed by atoms with Crippen molar-refractivity contribution in [3.63, 3.8) is 0 Å². The third kappa shape index (κ3) is 16.3. The van der Waals surface area contributed by atoms with Crippen molar-refractivity contribution in [2.45, 2.75) is 142 Å². The molecule has 3 heteroatoms. The molecule has 5 aromatic rings. The van der Waals surface area contributed by atoms with Crippen molar-refractivity contribution in [3.05, 3.63) is 119 Å². The summed E-state index contributed by atoms with van der Waals surface area (Å²) < 4.78 is 12.2. The maximum atomic E-state index is 11.9. The number of rotatable bonds is 29. The van der Waals surface area contributed by atoms with Gasteiger partial charge in [0, 0.05) is 5.56 Å². The molecule has 58 heavy (non-hydrogen) atoms. The number of ether oxygens (including phenoxy) is 2. The lowest BCUT2D eigenvalue weighted by molar-refractivity contribution is 0.112. The van der Waals surface area contributed by atoms with Gasteiger partial charge in [0.25, 0.3) is 0 Å². The van der Waals surface area contributed by atoms with E-state index in [4.69, 9.17) is 9.47 Å². The smallest absolute Gasteiger partial charge is 0.150 e. The Bertz CT molecular complexity index is 1860. The molecule has 0 atom stereocenters. The molecule has 0 spiro atoms. The maximum absolute atomic E-state index is 11.9. The van der Waals surface area contributed by atoms with E-state index in [1.165, 1.54) is 137 Å². The third-order valence-corrected chi connectivity index (χ3v) is 11.3. The first kappa shape index (κ1) is 44.5. The van der Waals surface area contributed by atoms with Crippen molar-refractivity contribution in [1.82, 2.24) is 0 Å². The van der Waals surface area contributed by atoms with Gasteiger partial charge in [-0.2, -0.15) is 0 Å². The fourth-order valence-electron chi connectivity index (χ4n) is 7.78. The number of hydrogen-bond acceptors (Lipinski definition) is 3. The summed E-state index contributed by atoms with van der Waals surface area (Å²) in [4.78, 5) is 11.9. The predicted molar refractivity (Wildman–Crippen MR) is 252 cm³/mol. The van der Waals surface area contributed by atoms with Gasteiger partial charge in [-0.05, 0) is 111 Å². The molecule has 3 nitrogen and oxygen atoms in total. The van der Waals surface area contributed by atoms with E-state index in [1.54, 1.807) is 0 Å². The summed E-state index contributed by atoms with van der Waals surface area (Å²) in [6.45, 7) is 6.11. The van der Waals surface area contributed by atoms with Gasteiger partial charge in [0.2, 0.25) is 0 Å². The topological polar surface area (TPSA) is 35.5 Å². The number of aldehydes is 1. The molecule has 5 rings (SSSR count). The highest BCUT2D eigenvalue weighted by Crippen LogP contribution is 2.26. The molecule has 0 heterocycles. The van der Waals surface area contributed by atoms with Gasteiger partial charge in [-0.3, -0.25) is 4.79 Å². The van der Waals surface area contributed by atoms with Crippen molar-refractivity contribution in [2.24, 2.45) is 0 Å². The van der Waals surface area contributed by atoms with Crippen LogP contribution in [0.3, 0.4) is 0 Å². The van der Waals surface area contributed by atoms with E-state index >= 15 is 0 Å². The number of benzene rings is 5. The first-order chi connectivity index (χ1) is 28.6. The molecule has 308 valence electrons. The summed E-state index contributed by atoms with van der Waals surface area (Å²) in [5, 5.41) is 4.72. The summed E-state index contributed by atoms with van der Waals surface area (Å²) in [6, 6.07) is 31.8. The summed E-state index contributed by atoms with van der Waals surface area (Å²) in [5.74, 6) is 1.88. The Hall–Kier alpha value is -4.63. The number of fused-ring (bicyclic) bond motifs is 2. The van der Waals surface area contributed by atoms with E-state index in [2.05, 4.69) is 117 Å². The van der Waals surface area contributed by atoms with E-state index in [0.29, 0.717) is 5.56 Å². The van der Waals surface area contributed by atoms with Crippen LogP contribution in [0.5, 0.6) is 11.5 Å². The lowest BCUT2D eigenvalue weighted by atomic mass is 10.0. The molecule has 0 aromatic heterocycles. The summed E-state index contributed by atoms with van der Waals surface area (Å²) in [5.41, 5.74) is 4.87. The molecule has 0 aliphatic rings. The van der Waals surface area contributed by atoms with Crippen LogP contribution in [0.25, 0.3) is 45.8 Å². The van der Waals surface area contributed by atoms with Crippen molar-refractivity contribution < 1.29 is 14.3 Å². The Morgan fingerprint density at radius 1 is 0.345 bits per heavy atom. The third-order valence-electron chi connectivity index (χ3n) is 11.3. The molecule has 0 amide bonds. The van der Waals surface area contributed by atoms with Crippen LogP contribution in [-0.4, -0.2) is 19.5 Å². The van der Waals surface area contributed by atoms with E-state index in [1.807, 2.05) is 12.1 Å². The van der Waals surface area contributed by atoms with E-state index in [0.717, 1.165) is 66.1 Å². The molecule has 5 aromatic carbocycles. The van der Waals surface area contributed by atoms with Crippen LogP contribution in [0.2, 0.25) is 0 Å². The van der Waals surface area contributed by atoms with Gasteiger partial charge in [-0.25, -0.2) is 0 Å². The predicted octanol–water partition coefficient (Wildman–Crippen LogP) is 16.7. The Morgan fingerprint density at radius 3 is 1.07 bits per heavy atom. The summed E-state index contributed by atoms with van der Waals surface area (Å²) in [6.07, 6.45) is 35.9. The van der Waals surface area contributed by atoms with Crippen LogP contribution in [0.15, 0.2) is 91.0 Å². The Balaban J connectivity index is 1.07. The van der Waals surface area contributed by atoms with Crippen LogP contribution < -0.4 is 9.47 Å². The van der Waals surface area contributed by atoms with Crippen LogP contribution >= 0.6 is 0 Å². The molecule has 0 N–H and O–H groups in total. The number of carbonyl (C=O) groups excluding carboxylic acids is 1. The van der Waals surface area contributed by atoms with Crippen molar-refractivity contribution >= 4 is 52.1 Å². The van der Waals surface area contributed by atoms with E-state index in [-0.39, 0.29) is 0 Å². The second kappa shape index (κ2) is 26.4. The molecule has 0 aliphatic carbocycles. The second-order valence-corrected chi connectivity index (χ2v) is 16.3. The van der Waals surface area contributed by atoms with Gasteiger partial charge in [-0.15, -0.1) is 0 Å². The molecule has 0 fully saturated rings. The highest BCUT2D eigenvalue weighted by Gasteiger charge is 2.03. The van der Waals surface area contributed by atoms with E-state index < -0.39 is 0 Å². The average Bonchev–Trinajstić information content (AvgIpc) is 3.25. The van der Waals surface area contributed by atoms with Crippen molar-refractivity contribution in [3.8, 4) is 11.5 Å². The van der Waals surface area contributed by atoms with Gasteiger partial charge < -0.3 is 9.47 Å². The zero-order valence-electron chi connectivity index (χ0n) is 35.8. The highest BCUT2D eigenvalue weighted by atomic mass is 16.5. The second-order valence-electron chi connectivity index (χ2n) is 16.3. The molecular formula is C55H70O3.